The topological polar surface area (TPSA) is 63.6 Å². The first-order chi connectivity index (χ1) is 10.7. The minimum absolute atomic E-state index is 0.159. The minimum atomic E-state index is -0.320. The lowest BCUT2D eigenvalue weighted by molar-refractivity contribution is 0.0955. The standard InChI is InChI=1S/C16H12BrN3O2/c1-2-9-22-15-4-3-14(17)10-13(15)11-19-20-16(21)12-5-7-18-8-6-12/h1,3-8,10-11H,9H2,(H,20,21). The number of hydrazone groups is 1. The summed E-state index contributed by atoms with van der Waals surface area (Å²) in [6, 6.07) is 8.62. The highest BCUT2D eigenvalue weighted by molar-refractivity contribution is 9.10. The molecule has 0 aliphatic rings. The maximum absolute atomic E-state index is 11.8. The van der Waals surface area contributed by atoms with Crippen LogP contribution in [0.3, 0.4) is 0 Å². The Balaban J connectivity index is 2.08. The molecule has 22 heavy (non-hydrogen) atoms. The maximum atomic E-state index is 11.8. The van der Waals surface area contributed by atoms with Crippen molar-refractivity contribution in [2.75, 3.05) is 6.61 Å². The molecular formula is C16H12BrN3O2. The molecule has 2 aromatic rings. The van der Waals surface area contributed by atoms with Gasteiger partial charge in [-0.2, -0.15) is 5.10 Å². The number of hydrogen-bond donors (Lipinski definition) is 1. The zero-order chi connectivity index (χ0) is 15.8. The second-order valence-corrected chi connectivity index (χ2v) is 5.03. The first-order valence-corrected chi connectivity index (χ1v) is 7.09. The Hall–Kier alpha value is -2.65. The molecule has 1 aromatic heterocycles. The van der Waals surface area contributed by atoms with Crippen LogP contribution in [0.15, 0.2) is 52.3 Å². The van der Waals surface area contributed by atoms with Gasteiger partial charge >= 0.3 is 0 Å². The molecular weight excluding hydrogens is 346 g/mol. The first-order valence-electron chi connectivity index (χ1n) is 6.30. The van der Waals surface area contributed by atoms with Crippen LogP contribution in [0.5, 0.6) is 5.75 Å². The molecule has 0 atom stereocenters. The summed E-state index contributed by atoms with van der Waals surface area (Å²) in [7, 11) is 0. The fraction of sp³-hybridized carbons (Fsp3) is 0.0625. The number of pyridine rings is 1. The van der Waals surface area contributed by atoms with E-state index in [2.05, 4.69) is 37.4 Å². The van der Waals surface area contributed by atoms with E-state index >= 15 is 0 Å². The molecule has 0 bridgehead atoms. The predicted octanol–water partition coefficient (Wildman–Crippen LogP) is 2.62. The lowest BCUT2D eigenvalue weighted by atomic mass is 10.2. The van der Waals surface area contributed by atoms with Gasteiger partial charge in [0.05, 0.1) is 6.21 Å². The van der Waals surface area contributed by atoms with Crippen LogP contribution in [0.2, 0.25) is 0 Å². The third kappa shape index (κ3) is 4.43. The van der Waals surface area contributed by atoms with Gasteiger partial charge in [-0.3, -0.25) is 9.78 Å². The second kappa shape index (κ2) is 7.96. The Labute approximate surface area is 136 Å². The summed E-state index contributed by atoms with van der Waals surface area (Å²) < 4.78 is 6.28. The fourth-order valence-electron chi connectivity index (χ4n) is 1.60. The lowest BCUT2D eigenvalue weighted by Gasteiger charge is -2.06. The van der Waals surface area contributed by atoms with Crippen molar-refractivity contribution in [3.63, 3.8) is 0 Å². The van der Waals surface area contributed by atoms with E-state index in [1.165, 1.54) is 6.21 Å². The van der Waals surface area contributed by atoms with E-state index in [1.807, 2.05) is 12.1 Å². The van der Waals surface area contributed by atoms with Crippen LogP contribution < -0.4 is 10.2 Å². The van der Waals surface area contributed by atoms with E-state index < -0.39 is 0 Å². The fourth-order valence-corrected chi connectivity index (χ4v) is 1.98. The molecule has 0 aliphatic heterocycles. The average Bonchev–Trinajstić information content (AvgIpc) is 2.55. The molecule has 1 aromatic carbocycles. The van der Waals surface area contributed by atoms with Crippen molar-refractivity contribution in [1.82, 2.24) is 10.4 Å². The summed E-state index contributed by atoms with van der Waals surface area (Å²) in [6.07, 6.45) is 9.76. The van der Waals surface area contributed by atoms with Crippen molar-refractivity contribution >= 4 is 28.1 Å². The molecule has 0 saturated heterocycles. The third-order valence-electron chi connectivity index (χ3n) is 2.60. The van der Waals surface area contributed by atoms with E-state index in [0.29, 0.717) is 16.9 Å². The molecule has 0 saturated carbocycles. The Morgan fingerprint density at radius 2 is 2.18 bits per heavy atom. The lowest BCUT2D eigenvalue weighted by Crippen LogP contribution is -2.17. The van der Waals surface area contributed by atoms with Gasteiger partial charge < -0.3 is 4.74 Å². The number of benzene rings is 1. The molecule has 6 heteroatoms. The van der Waals surface area contributed by atoms with Gasteiger partial charge in [0.2, 0.25) is 0 Å². The van der Waals surface area contributed by atoms with E-state index in [0.717, 1.165) is 4.47 Å². The van der Waals surface area contributed by atoms with Crippen molar-refractivity contribution < 1.29 is 9.53 Å². The molecule has 5 nitrogen and oxygen atoms in total. The number of carbonyl (C=O) groups is 1. The van der Waals surface area contributed by atoms with Crippen molar-refractivity contribution in [2.45, 2.75) is 0 Å². The molecule has 0 radical (unpaired) electrons. The normalized spacial score (nSPS) is 10.2. The van der Waals surface area contributed by atoms with Gasteiger partial charge in [-0.25, -0.2) is 5.43 Å². The van der Waals surface area contributed by atoms with Crippen LogP contribution in [-0.4, -0.2) is 23.7 Å². The van der Waals surface area contributed by atoms with Crippen LogP contribution in [0, 0.1) is 12.3 Å². The number of amides is 1. The summed E-state index contributed by atoms with van der Waals surface area (Å²) >= 11 is 3.37. The largest absolute Gasteiger partial charge is 0.480 e. The molecule has 0 fully saturated rings. The highest BCUT2D eigenvalue weighted by Crippen LogP contribution is 2.21. The van der Waals surface area contributed by atoms with Crippen LogP contribution in [0.1, 0.15) is 15.9 Å². The SMILES string of the molecule is C#CCOc1ccc(Br)cc1C=NNC(=O)c1ccncc1. The molecule has 110 valence electrons. The van der Waals surface area contributed by atoms with Crippen molar-refractivity contribution in [2.24, 2.45) is 5.10 Å². The first kappa shape index (κ1) is 15.7. The summed E-state index contributed by atoms with van der Waals surface area (Å²) in [4.78, 5) is 15.7. The van der Waals surface area contributed by atoms with Gasteiger partial charge in [0, 0.05) is 28.0 Å². The summed E-state index contributed by atoms with van der Waals surface area (Å²) in [5, 5.41) is 3.93. The third-order valence-corrected chi connectivity index (χ3v) is 3.09. The monoisotopic (exact) mass is 357 g/mol. The number of aromatic nitrogens is 1. The quantitative estimate of drug-likeness (QED) is 0.508. The number of nitrogens with zero attached hydrogens (tertiary/aromatic N) is 2. The van der Waals surface area contributed by atoms with E-state index in [-0.39, 0.29) is 12.5 Å². The van der Waals surface area contributed by atoms with Gasteiger partial charge in [0.25, 0.3) is 5.91 Å². The van der Waals surface area contributed by atoms with Crippen LogP contribution >= 0.6 is 15.9 Å². The maximum Gasteiger partial charge on any atom is 0.271 e. The smallest absolute Gasteiger partial charge is 0.271 e. The van der Waals surface area contributed by atoms with Crippen LogP contribution in [-0.2, 0) is 0 Å². The zero-order valence-electron chi connectivity index (χ0n) is 11.5. The molecule has 0 unspecified atom stereocenters. The Morgan fingerprint density at radius 1 is 1.41 bits per heavy atom. The highest BCUT2D eigenvalue weighted by atomic mass is 79.9. The van der Waals surface area contributed by atoms with Crippen molar-refractivity contribution in [3.8, 4) is 18.1 Å². The molecule has 2 rings (SSSR count). The number of rotatable bonds is 5. The number of hydrogen-bond acceptors (Lipinski definition) is 4. The van der Waals surface area contributed by atoms with Gasteiger partial charge in [-0.15, -0.1) is 6.42 Å². The number of terminal acetylenes is 1. The summed E-state index contributed by atoms with van der Waals surface area (Å²) in [5.74, 6) is 2.67. The van der Waals surface area contributed by atoms with Gasteiger partial charge in [-0.1, -0.05) is 21.9 Å². The Kier molecular flexibility index (Phi) is 5.69. The molecule has 1 N–H and O–H groups in total. The molecule has 0 aliphatic carbocycles. The molecule has 1 heterocycles. The summed E-state index contributed by atoms with van der Waals surface area (Å²) in [5.41, 5.74) is 3.61. The van der Waals surface area contributed by atoms with Gasteiger partial charge in [0.15, 0.2) is 0 Å². The van der Waals surface area contributed by atoms with Crippen molar-refractivity contribution in [1.29, 1.82) is 0 Å². The van der Waals surface area contributed by atoms with Gasteiger partial charge in [-0.05, 0) is 30.3 Å². The predicted molar refractivity (Wildman–Crippen MR) is 87.8 cm³/mol. The van der Waals surface area contributed by atoms with E-state index in [9.17, 15) is 4.79 Å². The van der Waals surface area contributed by atoms with E-state index in [4.69, 9.17) is 11.2 Å². The van der Waals surface area contributed by atoms with Gasteiger partial charge in [0.1, 0.15) is 12.4 Å². The molecule has 1 amide bonds. The minimum Gasteiger partial charge on any atom is -0.480 e. The number of halogens is 1. The molecule has 0 spiro atoms. The number of ether oxygens (including phenoxy) is 1. The number of nitrogens with one attached hydrogen (secondary N) is 1. The van der Waals surface area contributed by atoms with E-state index in [1.54, 1.807) is 30.6 Å². The number of carbonyl (C=O) groups excluding carboxylic acids is 1. The van der Waals surface area contributed by atoms with Crippen LogP contribution in [0.25, 0.3) is 0 Å². The Bertz CT molecular complexity index is 724. The second-order valence-electron chi connectivity index (χ2n) is 4.11. The summed E-state index contributed by atoms with van der Waals surface area (Å²) in [6.45, 7) is 0.159. The van der Waals surface area contributed by atoms with Crippen LogP contribution in [0.4, 0.5) is 0 Å². The van der Waals surface area contributed by atoms with Crippen molar-refractivity contribution in [3.05, 3.63) is 58.3 Å². The highest BCUT2D eigenvalue weighted by Gasteiger charge is 2.04. The Morgan fingerprint density at radius 3 is 2.91 bits per heavy atom. The zero-order valence-corrected chi connectivity index (χ0v) is 13.1. The average molecular weight is 358 g/mol.